The van der Waals surface area contributed by atoms with Crippen LogP contribution in [0.15, 0.2) is 73.4 Å². The molecule has 0 rings (SSSR count). The topological polar surface area (TPSA) is 0 Å². The predicted molar refractivity (Wildman–Crippen MR) is 66.2 cm³/mol. The van der Waals surface area contributed by atoms with Gasteiger partial charge in [-0.25, -0.2) is 0 Å². The van der Waals surface area contributed by atoms with E-state index in [1.165, 1.54) is 5.57 Å². The normalized spacial score (nSPS) is 12.9. The zero-order chi connectivity index (χ0) is 10.8. The molecule has 0 spiro atoms. The summed E-state index contributed by atoms with van der Waals surface area (Å²) in [5, 5.41) is 0. The standard InChI is InChI=1S/C14H18/c1-5-9-11-14(8-4)12-13(7-3)10-6-2/h5-11H,2-4,12H2,1H3/b9-5-,13-10+,14-11+. The van der Waals surface area contributed by atoms with Crippen LogP contribution in [0, 0.1) is 0 Å². The van der Waals surface area contributed by atoms with Crippen LogP contribution in [0.3, 0.4) is 0 Å². The van der Waals surface area contributed by atoms with E-state index in [9.17, 15) is 0 Å². The van der Waals surface area contributed by atoms with Gasteiger partial charge in [-0.3, -0.25) is 0 Å². The van der Waals surface area contributed by atoms with Gasteiger partial charge in [-0.2, -0.15) is 0 Å². The summed E-state index contributed by atoms with van der Waals surface area (Å²) in [6, 6.07) is 0. The highest BCUT2D eigenvalue weighted by Crippen LogP contribution is 2.13. The molecule has 0 aromatic rings. The molecule has 0 aromatic heterocycles. The van der Waals surface area contributed by atoms with Crippen molar-refractivity contribution in [3.05, 3.63) is 73.4 Å². The molecule has 74 valence electrons. The van der Waals surface area contributed by atoms with Crippen LogP contribution in [-0.4, -0.2) is 0 Å². The number of rotatable bonds is 6. The molecule has 0 aliphatic heterocycles. The van der Waals surface area contributed by atoms with Crippen LogP contribution in [-0.2, 0) is 0 Å². The summed E-state index contributed by atoms with van der Waals surface area (Å²) in [5.41, 5.74) is 2.33. The smallest absolute Gasteiger partial charge is 0.00262 e. The Morgan fingerprint density at radius 1 is 1.00 bits per heavy atom. The van der Waals surface area contributed by atoms with E-state index in [4.69, 9.17) is 0 Å². The Labute approximate surface area is 87.3 Å². The van der Waals surface area contributed by atoms with Gasteiger partial charge in [0, 0.05) is 0 Å². The van der Waals surface area contributed by atoms with E-state index in [1.807, 2.05) is 43.4 Å². The van der Waals surface area contributed by atoms with Crippen LogP contribution in [0.4, 0.5) is 0 Å². The first-order valence-electron chi connectivity index (χ1n) is 4.66. The highest BCUT2D eigenvalue weighted by molar-refractivity contribution is 5.33. The zero-order valence-corrected chi connectivity index (χ0v) is 8.87. The minimum atomic E-state index is 0.851. The van der Waals surface area contributed by atoms with Gasteiger partial charge in [-0.05, 0) is 24.5 Å². The first kappa shape index (κ1) is 12.4. The van der Waals surface area contributed by atoms with Crippen molar-refractivity contribution in [1.29, 1.82) is 0 Å². The lowest BCUT2D eigenvalue weighted by Crippen LogP contribution is -1.81. The number of allylic oxidation sites excluding steroid dienone is 9. The molecule has 14 heavy (non-hydrogen) atoms. The molecule has 0 radical (unpaired) electrons. The zero-order valence-electron chi connectivity index (χ0n) is 8.87. The molecule has 0 saturated carbocycles. The van der Waals surface area contributed by atoms with Crippen molar-refractivity contribution < 1.29 is 0 Å². The second kappa shape index (κ2) is 8.06. The maximum Gasteiger partial charge on any atom is -0.00262 e. The maximum absolute atomic E-state index is 3.77. The predicted octanol–water partition coefficient (Wildman–Crippen LogP) is 4.36. The van der Waals surface area contributed by atoms with E-state index in [2.05, 4.69) is 19.7 Å². The summed E-state index contributed by atoms with van der Waals surface area (Å²) >= 11 is 0. The molecule has 0 N–H and O–H groups in total. The highest BCUT2D eigenvalue weighted by atomic mass is 14.0. The Morgan fingerprint density at radius 2 is 1.57 bits per heavy atom. The molecule has 0 bridgehead atoms. The van der Waals surface area contributed by atoms with Gasteiger partial charge in [-0.15, -0.1) is 0 Å². The molecule has 0 heterocycles. The van der Waals surface area contributed by atoms with Gasteiger partial charge in [0.25, 0.3) is 0 Å². The van der Waals surface area contributed by atoms with Crippen molar-refractivity contribution in [1.82, 2.24) is 0 Å². The first-order valence-corrected chi connectivity index (χ1v) is 4.66. The van der Waals surface area contributed by atoms with Gasteiger partial charge in [0.1, 0.15) is 0 Å². The Bertz CT molecular complexity index is 285. The average Bonchev–Trinajstić information content (AvgIpc) is 2.22. The second-order valence-corrected chi connectivity index (χ2v) is 2.83. The van der Waals surface area contributed by atoms with Crippen LogP contribution in [0.25, 0.3) is 0 Å². The van der Waals surface area contributed by atoms with E-state index in [1.54, 1.807) is 6.08 Å². The van der Waals surface area contributed by atoms with Crippen molar-refractivity contribution in [3.8, 4) is 0 Å². The van der Waals surface area contributed by atoms with Gasteiger partial charge in [0.15, 0.2) is 0 Å². The largest absolute Gasteiger partial charge is 0.0991 e. The summed E-state index contributed by atoms with van der Waals surface area (Å²) in [6.45, 7) is 13.2. The fraction of sp³-hybridized carbons (Fsp3) is 0.143. The molecular weight excluding hydrogens is 168 g/mol. The summed E-state index contributed by atoms with van der Waals surface area (Å²) in [6.07, 6.45) is 14.3. The minimum Gasteiger partial charge on any atom is -0.0991 e. The third-order valence-corrected chi connectivity index (χ3v) is 1.77. The molecule has 0 nitrogen and oxygen atoms in total. The van der Waals surface area contributed by atoms with Gasteiger partial charge >= 0.3 is 0 Å². The van der Waals surface area contributed by atoms with Gasteiger partial charge < -0.3 is 0 Å². The Balaban J connectivity index is 4.59. The van der Waals surface area contributed by atoms with Crippen LogP contribution >= 0.6 is 0 Å². The number of hydrogen-bond donors (Lipinski definition) is 0. The van der Waals surface area contributed by atoms with Crippen LogP contribution in [0.5, 0.6) is 0 Å². The number of hydrogen-bond acceptors (Lipinski definition) is 0. The first-order chi connectivity index (χ1) is 6.78. The fourth-order valence-electron chi connectivity index (χ4n) is 1.01. The van der Waals surface area contributed by atoms with Crippen molar-refractivity contribution in [3.63, 3.8) is 0 Å². The van der Waals surface area contributed by atoms with E-state index >= 15 is 0 Å². The van der Waals surface area contributed by atoms with Crippen LogP contribution < -0.4 is 0 Å². The average molecular weight is 186 g/mol. The Hall–Kier alpha value is -1.56. The van der Waals surface area contributed by atoms with Gasteiger partial charge in [0.2, 0.25) is 0 Å². The second-order valence-electron chi connectivity index (χ2n) is 2.83. The van der Waals surface area contributed by atoms with Crippen molar-refractivity contribution in [2.75, 3.05) is 0 Å². The van der Waals surface area contributed by atoms with E-state index in [0.717, 1.165) is 12.0 Å². The monoisotopic (exact) mass is 186 g/mol. The van der Waals surface area contributed by atoms with Crippen molar-refractivity contribution >= 4 is 0 Å². The lowest BCUT2D eigenvalue weighted by Gasteiger charge is -2.01. The summed E-state index contributed by atoms with van der Waals surface area (Å²) in [7, 11) is 0. The molecule has 0 aromatic carbocycles. The van der Waals surface area contributed by atoms with Crippen molar-refractivity contribution in [2.24, 2.45) is 0 Å². The Kier molecular flexibility index (Phi) is 7.16. The molecule has 0 aliphatic rings. The molecular formula is C14H18. The SMILES string of the molecule is C=C/C=C(\C=C)C/C(C=C)=C/C=C\C. The summed E-state index contributed by atoms with van der Waals surface area (Å²) in [4.78, 5) is 0. The van der Waals surface area contributed by atoms with E-state index in [0.29, 0.717) is 0 Å². The van der Waals surface area contributed by atoms with E-state index in [-0.39, 0.29) is 0 Å². The van der Waals surface area contributed by atoms with Crippen LogP contribution in [0.1, 0.15) is 13.3 Å². The molecule has 0 fully saturated rings. The maximum atomic E-state index is 3.77. The molecule has 0 unspecified atom stereocenters. The quantitative estimate of drug-likeness (QED) is 0.540. The highest BCUT2D eigenvalue weighted by Gasteiger charge is 1.93. The minimum absolute atomic E-state index is 0.851. The van der Waals surface area contributed by atoms with E-state index < -0.39 is 0 Å². The van der Waals surface area contributed by atoms with Crippen molar-refractivity contribution in [2.45, 2.75) is 13.3 Å². The third-order valence-electron chi connectivity index (χ3n) is 1.77. The van der Waals surface area contributed by atoms with Gasteiger partial charge in [-0.1, -0.05) is 62.3 Å². The molecule has 0 heteroatoms. The Morgan fingerprint density at radius 3 is 2.00 bits per heavy atom. The third kappa shape index (κ3) is 5.15. The molecule has 0 amide bonds. The summed E-state index contributed by atoms with van der Waals surface area (Å²) in [5.74, 6) is 0. The summed E-state index contributed by atoms with van der Waals surface area (Å²) < 4.78 is 0. The van der Waals surface area contributed by atoms with Crippen LogP contribution in [0.2, 0.25) is 0 Å². The van der Waals surface area contributed by atoms with Gasteiger partial charge in [0.05, 0.1) is 0 Å². The fourth-order valence-corrected chi connectivity index (χ4v) is 1.01. The molecule has 0 aliphatic carbocycles. The lowest BCUT2D eigenvalue weighted by atomic mass is 10.0. The molecule has 0 saturated heterocycles. The molecule has 0 atom stereocenters. The lowest BCUT2D eigenvalue weighted by molar-refractivity contribution is 1.21.